The molecule has 0 saturated heterocycles. The van der Waals surface area contributed by atoms with Gasteiger partial charge in [-0.3, -0.25) is 0 Å². The summed E-state index contributed by atoms with van der Waals surface area (Å²) in [6.07, 6.45) is 5.12. The third-order valence-electron chi connectivity index (χ3n) is 3.36. The first-order chi connectivity index (χ1) is 7.81. The molecule has 88 valence electrons. The minimum Gasteiger partial charge on any atom is -0.508 e. The van der Waals surface area contributed by atoms with Crippen LogP contribution >= 0.6 is 0 Å². The number of para-hydroxylation sites is 1. The van der Waals surface area contributed by atoms with Gasteiger partial charge in [0.2, 0.25) is 0 Å². The molecule has 1 fully saturated rings. The Balaban J connectivity index is 1.90. The van der Waals surface area contributed by atoms with E-state index in [0.29, 0.717) is 11.8 Å². The molecule has 2 rings (SSSR count). The Hall–Kier alpha value is -1.02. The molecule has 0 radical (unpaired) electrons. The minimum atomic E-state index is 0.292. The molecule has 1 unspecified atom stereocenters. The summed E-state index contributed by atoms with van der Waals surface area (Å²) >= 11 is 0. The fraction of sp³-hybridized carbons (Fsp3) is 0.571. The van der Waals surface area contributed by atoms with Crippen LogP contribution in [0.25, 0.3) is 0 Å². The van der Waals surface area contributed by atoms with E-state index in [-0.39, 0.29) is 0 Å². The monoisotopic (exact) mass is 219 g/mol. The van der Waals surface area contributed by atoms with Gasteiger partial charge < -0.3 is 10.4 Å². The van der Waals surface area contributed by atoms with E-state index in [9.17, 15) is 5.11 Å². The van der Waals surface area contributed by atoms with Crippen molar-refractivity contribution in [1.29, 1.82) is 0 Å². The Bertz CT molecular complexity index is 333. The predicted molar refractivity (Wildman–Crippen MR) is 66.5 cm³/mol. The van der Waals surface area contributed by atoms with E-state index in [1.807, 2.05) is 18.2 Å². The van der Waals surface area contributed by atoms with Crippen LogP contribution in [0, 0.1) is 5.92 Å². The highest BCUT2D eigenvalue weighted by Gasteiger charge is 2.21. The van der Waals surface area contributed by atoms with Gasteiger partial charge in [-0.1, -0.05) is 38.0 Å². The van der Waals surface area contributed by atoms with E-state index in [2.05, 4.69) is 12.2 Å². The summed E-state index contributed by atoms with van der Waals surface area (Å²) in [6, 6.07) is 7.92. The van der Waals surface area contributed by atoms with Crippen LogP contribution in [0.2, 0.25) is 0 Å². The highest BCUT2D eigenvalue weighted by molar-refractivity contribution is 5.34. The molecule has 0 aromatic heterocycles. The van der Waals surface area contributed by atoms with Crippen LogP contribution in [0.1, 0.15) is 44.2 Å². The SMILES string of the molecule is CCC(NCCC1CC1)c1ccccc1O. The number of rotatable bonds is 6. The van der Waals surface area contributed by atoms with Crippen LogP contribution in [0.5, 0.6) is 5.75 Å². The molecule has 0 bridgehead atoms. The average molecular weight is 219 g/mol. The van der Waals surface area contributed by atoms with E-state index >= 15 is 0 Å². The maximum atomic E-state index is 9.79. The van der Waals surface area contributed by atoms with E-state index in [0.717, 1.165) is 24.4 Å². The van der Waals surface area contributed by atoms with E-state index in [4.69, 9.17) is 0 Å². The van der Waals surface area contributed by atoms with Crippen LogP contribution in [0.4, 0.5) is 0 Å². The molecule has 0 spiro atoms. The molecule has 1 aliphatic carbocycles. The molecular formula is C14H21NO. The van der Waals surface area contributed by atoms with Gasteiger partial charge in [0.15, 0.2) is 0 Å². The zero-order valence-electron chi connectivity index (χ0n) is 9.95. The molecule has 0 aliphatic heterocycles. The van der Waals surface area contributed by atoms with Crippen molar-refractivity contribution in [2.45, 2.75) is 38.6 Å². The van der Waals surface area contributed by atoms with Gasteiger partial charge in [0.25, 0.3) is 0 Å². The van der Waals surface area contributed by atoms with Crippen molar-refractivity contribution in [2.24, 2.45) is 5.92 Å². The largest absolute Gasteiger partial charge is 0.508 e. The maximum absolute atomic E-state index is 9.79. The summed E-state index contributed by atoms with van der Waals surface area (Å²) in [5.74, 6) is 1.38. The molecule has 1 saturated carbocycles. The Morgan fingerprint density at radius 2 is 2.12 bits per heavy atom. The minimum absolute atomic E-state index is 0.292. The van der Waals surface area contributed by atoms with Crippen molar-refractivity contribution in [1.82, 2.24) is 5.32 Å². The average Bonchev–Trinajstić information content (AvgIpc) is 3.10. The van der Waals surface area contributed by atoms with Gasteiger partial charge in [-0.05, 0) is 31.4 Å². The Kier molecular flexibility index (Phi) is 3.83. The maximum Gasteiger partial charge on any atom is 0.120 e. The van der Waals surface area contributed by atoms with Crippen molar-refractivity contribution >= 4 is 0 Å². The third kappa shape index (κ3) is 2.99. The van der Waals surface area contributed by atoms with E-state index in [1.54, 1.807) is 6.07 Å². The molecule has 2 heteroatoms. The summed E-state index contributed by atoms with van der Waals surface area (Å²) in [4.78, 5) is 0. The van der Waals surface area contributed by atoms with Crippen molar-refractivity contribution < 1.29 is 5.11 Å². The first kappa shape index (κ1) is 11.5. The molecule has 0 heterocycles. The standard InChI is InChI=1S/C14H21NO/c1-2-13(15-10-9-11-7-8-11)12-5-3-4-6-14(12)16/h3-6,11,13,15-16H,2,7-10H2,1H3. The quantitative estimate of drug-likeness (QED) is 0.770. The number of benzene rings is 1. The number of hydrogen-bond acceptors (Lipinski definition) is 2. The molecule has 1 atom stereocenters. The van der Waals surface area contributed by atoms with Crippen LogP contribution in [0.3, 0.4) is 0 Å². The van der Waals surface area contributed by atoms with Gasteiger partial charge in [-0.25, -0.2) is 0 Å². The van der Waals surface area contributed by atoms with Crippen LogP contribution in [-0.2, 0) is 0 Å². The lowest BCUT2D eigenvalue weighted by Gasteiger charge is -2.18. The first-order valence-electron chi connectivity index (χ1n) is 6.32. The lowest BCUT2D eigenvalue weighted by Crippen LogP contribution is -2.22. The summed E-state index contributed by atoms with van der Waals surface area (Å²) in [7, 11) is 0. The molecular weight excluding hydrogens is 198 g/mol. The first-order valence-corrected chi connectivity index (χ1v) is 6.32. The molecule has 1 aliphatic rings. The van der Waals surface area contributed by atoms with E-state index < -0.39 is 0 Å². The third-order valence-corrected chi connectivity index (χ3v) is 3.36. The molecule has 2 N–H and O–H groups in total. The second-order valence-corrected chi connectivity index (χ2v) is 4.71. The normalized spacial score (nSPS) is 17.3. The fourth-order valence-corrected chi connectivity index (χ4v) is 2.12. The highest BCUT2D eigenvalue weighted by Crippen LogP contribution is 2.32. The number of aromatic hydroxyl groups is 1. The highest BCUT2D eigenvalue weighted by atomic mass is 16.3. The van der Waals surface area contributed by atoms with Crippen LogP contribution in [0.15, 0.2) is 24.3 Å². The predicted octanol–water partition coefficient (Wildman–Crippen LogP) is 3.23. The number of nitrogens with one attached hydrogen (secondary N) is 1. The van der Waals surface area contributed by atoms with Crippen molar-refractivity contribution in [2.75, 3.05) is 6.54 Å². The van der Waals surface area contributed by atoms with Crippen molar-refractivity contribution in [3.8, 4) is 5.75 Å². The zero-order chi connectivity index (χ0) is 11.4. The van der Waals surface area contributed by atoms with Crippen molar-refractivity contribution in [3.05, 3.63) is 29.8 Å². The summed E-state index contributed by atoms with van der Waals surface area (Å²) in [6.45, 7) is 3.22. The second kappa shape index (κ2) is 5.35. The Morgan fingerprint density at radius 3 is 2.75 bits per heavy atom. The van der Waals surface area contributed by atoms with Gasteiger partial charge in [-0.2, -0.15) is 0 Å². The smallest absolute Gasteiger partial charge is 0.120 e. The summed E-state index contributed by atoms with van der Waals surface area (Å²) in [5.41, 5.74) is 1.03. The van der Waals surface area contributed by atoms with Gasteiger partial charge in [-0.15, -0.1) is 0 Å². The van der Waals surface area contributed by atoms with Crippen LogP contribution < -0.4 is 5.32 Å². The van der Waals surface area contributed by atoms with Gasteiger partial charge in [0.05, 0.1) is 0 Å². The second-order valence-electron chi connectivity index (χ2n) is 4.71. The Labute approximate surface area is 97.7 Å². The summed E-state index contributed by atoms with van der Waals surface area (Å²) in [5, 5.41) is 13.3. The van der Waals surface area contributed by atoms with Gasteiger partial charge in [0, 0.05) is 11.6 Å². The molecule has 16 heavy (non-hydrogen) atoms. The van der Waals surface area contributed by atoms with Gasteiger partial charge >= 0.3 is 0 Å². The molecule has 1 aromatic carbocycles. The molecule has 0 amide bonds. The number of phenols is 1. The van der Waals surface area contributed by atoms with Crippen molar-refractivity contribution in [3.63, 3.8) is 0 Å². The lowest BCUT2D eigenvalue weighted by atomic mass is 10.0. The number of hydrogen-bond donors (Lipinski definition) is 2. The van der Waals surface area contributed by atoms with Gasteiger partial charge in [0.1, 0.15) is 5.75 Å². The molecule has 2 nitrogen and oxygen atoms in total. The topological polar surface area (TPSA) is 32.3 Å². The Morgan fingerprint density at radius 1 is 1.38 bits per heavy atom. The van der Waals surface area contributed by atoms with E-state index in [1.165, 1.54) is 19.3 Å². The summed E-state index contributed by atoms with van der Waals surface area (Å²) < 4.78 is 0. The molecule has 1 aromatic rings. The lowest BCUT2D eigenvalue weighted by molar-refractivity contribution is 0.437. The van der Waals surface area contributed by atoms with Crippen LogP contribution in [-0.4, -0.2) is 11.7 Å². The number of phenolic OH excluding ortho intramolecular Hbond substituents is 1. The zero-order valence-corrected chi connectivity index (χ0v) is 9.95. The fourth-order valence-electron chi connectivity index (χ4n) is 2.12.